The first kappa shape index (κ1) is 78.8. The highest BCUT2D eigenvalue weighted by molar-refractivity contribution is 5.99. The number of cyclic esters (lactones) is 1. The van der Waals surface area contributed by atoms with Crippen LogP contribution in [0.4, 0.5) is 0 Å². The van der Waals surface area contributed by atoms with Crippen LogP contribution in [-0.4, -0.2) is 232 Å². The average Bonchev–Trinajstić information content (AvgIpc) is 1.55. The van der Waals surface area contributed by atoms with Crippen LogP contribution in [0.2, 0.25) is 0 Å². The lowest BCUT2D eigenvalue weighted by atomic mass is 9.92. The molecule has 10 amide bonds. The lowest BCUT2D eigenvalue weighted by Gasteiger charge is -2.40. The van der Waals surface area contributed by atoms with Crippen molar-refractivity contribution >= 4 is 71.3 Å². The first-order valence-electron chi connectivity index (χ1n) is 30.8. The molecule has 25 nitrogen and oxygen atoms in total. The Morgan fingerprint density at radius 1 is 0.471 bits per heavy atom. The second-order valence-corrected chi connectivity index (χ2v) is 26.9. The molecule has 498 valence electrons. The van der Waals surface area contributed by atoms with Crippen molar-refractivity contribution in [2.45, 2.75) is 229 Å². The summed E-state index contributed by atoms with van der Waals surface area (Å²) in [6.07, 6.45) is -4.22. The zero-order valence-corrected chi connectivity index (χ0v) is 56.5. The van der Waals surface area contributed by atoms with Crippen LogP contribution < -0.4 is 21.3 Å². The number of amides is 10. The molecule has 1 heterocycles. The Balaban J connectivity index is 4.39. The molecule has 0 aromatic carbocycles. The Morgan fingerprint density at radius 3 is 1.25 bits per heavy atom. The second-order valence-electron chi connectivity index (χ2n) is 26.9. The molecular formula is C62H110N10O15. The molecule has 0 radical (unpaired) electrons. The summed E-state index contributed by atoms with van der Waals surface area (Å²) in [6, 6.07) is -12.6. The summed E-state index contributed by atoms with van der Waals surface area (Å²) in [4.78, 5) is 178. The molecule has 0 bridgehead atoms. The van der Waals surface area contributed by atoms with Crippen molar-refractivity contribution in [3.63, 3.8) is 0 Å². The van der Waals surface area contributed by atoms with Crippen LogP contribution >= 0.6 is 0 Å². The summed E-state index contributed by atoms with van der Waals surface area (Å²) in [5.74, 6) is -12.4. The number of nitrogens with zero attached hydrogens (tertiary/aromatic N) is 6. The molecule has 1 saturated heterocycles. The number of likely N-dealkylation sites (N-methyl/N-ethyl adjacent to an activating group) is 6. The molecular weight excluding hydrogens is 1120 g/mol. The van der Waals surface area contributed by atoms with E-state index in [9.17, 15) is 63.0 Å². The number of aliphatic hydroxyl groups excluding tert-OH is 2. The van der Waals surface area contributed by atoms with Gasteiger partial charge in [0.1, 0.15) is 60.7 Å². The van der Waals surface area contributed by atoms with Gasteiger partial charge in [-0.1, -0.05) is 104 Å². The van der Waals surface area contributed by atoms with Crippen molar-refractivity contribution in [1.29, 1.82) is 0 Å². The van der Waals surface area contributed by atoms with Gasteiger partial charge in [-0.05, 0) is 93.3 Å². The van der Waals surface area contributed by atoms with E-state index in [0.29, 0.717) is 6.29 Å². The zero-order chi connectivity index (χ0) is 67.6. The van der Waals surface area contributed by atoms with Crippen molar-refractivity contribution in [2.75, 3.05) is 48.8 Å². The summed E-state index contributed by atoms with van der Waals surface area (Å²) >= 11 is 0. The molecule has 6 N–H and O–H groups in total. The lowest BCUT2D eigenvalue weighted by molar-refractivity contribution is -0.166. The number of ether oxygens (including phenoxy) is 1. The van der Waals surface area contributed by atoms with E-state index in [0.717, 1.165) is 24.5 Å². The first-order chi connectivity index (χ1) is 40.0. The van der Waals surface area contributed by atoms with Gasteiger partial charge in [0, 0.05) is 48.7 Å². The molecule has 0 spiro atoms. The number of carbonyl (C=O) groups is 12. The molecule has 0 aromatic heterocycles. The fourth-order valence-electron chi connectivity index (χ4n) is 10.6. The van der Waals surface area contributed by atoms with Crippen LogP contribution in [0.5, 0.6) is 0 Å². The number of carbonyl (C=O) groups excluding carboxylic acids is 12. The van der Waals surface area contributed by atoms with Crippen molar-refractivity contribution in [1.82, 2.24) is 50.7 Å². The Hall–Kier alpha value is -6.24. The number of aliphatic hydroxyl groups is 2. The molecule has 0 saturated carbocycles. The lowest BCUT2D eigenvalue weighted by Crippen LogP contribution is -2.64. The fraction of sp³-hybridized carbons (Fsp3) is 0.806. The summed E-state index contributed by atoms with van der Waals surface area (Å²) < 4.78 is 5.87. The normalized spacial score (nSPS) is 26.7. The van der Waals surface area contributed by atoms with E-state index in [1.165, 1.54) is 68.0 Å². The molecule has 13 atom stereocenters. The van der Waals surface area contributed by atoms with E-state index < -0.39 is 162 Å². The van der Waals surface area contributed by atoms with Gasteiger partial charge in [0.05, 0.1) is 18.8 Å². The maximum absolute atomic E-state index is 15.0. The van der Waals surface area contributed by atoms with Gasteiger partial charge in [0.15, 0.2) is 6.10 Å². The van der Waals surface area contributed by atoms with Crippen LogP contribution in [0.15, 0.2) is 0 Å². The van der Waals surface area contributed by atoms with Gasteiger partial charge in [0.2, 0.25) is 53.2 Å². The number of hydrogen-bond donors (Lipinski definition) is 6. The minimum absolute atomic E-state index is 0.0533. The molecule has 1 fully saturated rings. The SMILES string of the molecule is CC(C)C[C@@H]1C(=O)N[C@H](CC(C)C)C(=O)N(C)[C@H](C(C)C)C(=O)N(C)[C@H]([C@H](O)[C@H](C)CC=O)C(=O)N[C@H]([C@@H](C)O)C(=O)N(C)CC(=O)N(C)[C@@H](CC(C)C)C(=O)N[C@H](CC(C)C)C(=O)N(C)[C@H](CC(C)C)C(=O)N[C@H](C)C(=O)O[C@@H](C(C)C)C(=O)N1C. The maximum Gasteiger partial charge on any atom is 0.329 e. The van der Waals surface area contributed by atoms with Gasteiger partial charge in [-0.25, -0.2) is 4.79 Å². The van der Waals surface area contributed by atoms with Crippen LogP contribution in [0.25, 0.3) is 0 Å². The minimum atomic E-state index is -1.87. The Labute approximate surface area is 517 Å². The van der Waals surface area contributed by atoms with Crippen molar-refractivity contribution in [3.05, 3.63) is 0 Å². The first-order valence-corrected chi connectivity index (χ1v) is 30.8. The molecule has 87 heavy (non-hydrogen) atoms. The van der Waals surface area contributed by atoms with Crippen LogP contribution in [-0.2, 0) is 62.3 Å². The third-order valence-corrected chi connectivity index (χ3v) is 15.8. The predicted molar refractivity (Wildman–Crippen MR) is 328 cm³/mol. The molecule has 0 aliphatic carbocycles. The van der Waals surface area contributed by atoms with E-state index in [1.807, 2.05) is 69.2 Å². The van der Waals surface area contributed by atoms with Crippen LogP contribution in [0, 0.1) is 47.3 Å². The van der Waals surface area contributed by atoms with Gasteiger partial charge < -0.3 is 70.4 Å². The highest BCUT2D eigenvalue weighted by atomic mass is 16.6. The molecule has 25 heteroatoms. The molecule has 0 aromatic rings. The van der Waals surface area contributed by atoms with Crippen LogP contribution in [0.1, 0.15) is 156 Å². The molecule has 1 rings (SSSR count). The quantitative estimate of drug-likeness (QED) is 0.0896. The largest absolute Gasteiger partial charge is 0.450 e. The molecule has 1 aliphatic rings. The summed E-state index contributed by atoms with van der Waals surface area (Å²) in [5, 5.41) is 33.8. The Bertz CT molecular complexity index is 2360. The minimum Gasteiger partial charge on any atom is -0.450 e. The van der Waals surface area contributed by atoms with Crippen molar-refractivity contribution < 1.29 is 72.5 Å². The zero-order valence-electron chi connectivity index (χ0n) is 56.5. The number of esters is 1. The van der Waals surface area contributed by atoms with Gasteiger partial charge in [0.25, 0.3) is 5.91 Å². The number of rotatable bonds is 17. The number of hydrogen-bond acceptors (Lipinski definition) is 15. The van der Waals surface area contributed by atoms with Gasteiger partial charge in [-0.3, -0.25) is 47.9 Å². The van der Waals surface area contributed by atoms with E-state index in [-0.39, 0.29) is 68.1 Å². The van der Waals surface area contributed by atoms with Gasteiger partial charge in [-0.15, -0.1) is 0 Å². The number of nitrogens with one attached hydrogen (secondary N) is 4. The fourth-order valence-corrected chi connectivity index (χ4v) is 10.6. The monoisotopic (exact) mass is 1230 g/mol. The molecule has 1 aliphatic heterocycles. The van der Waals surface area contributed by atoms with Crippen molar-refractivity contribution in [3.8, 4) is 0 Å². The smallest absolute Gasteiger partial charge is 0.329 e. The van der Waals surface area contributed by atoms with Crippen LogP contribution in [0.3, 0.4) is 0 Å². The second kappa shape index (κ2) is 35.7. The predicted octanol–water partition coefficient (Wildman–Crippen LogP) is 1.97. The highest BCUT2D eigenvalue weighted by Crippen LogP contribution is 2.25. The maximum atomic E-state index is 15.0. The topological polar surface area (TPSA) is 322 Å². The third kappa shape index (κ3) is 23.0. The van der Waals surface area contributed by atoms with Crippen molar-refractivity contribution in [2.24, 2.45) is 47.3 Å². The summed E-state index contributed by atoms with van der Waals surface area (Å²) in [7, 11) is 7.91. The molecule has 0 unspecified atom stereocenters. The van der Waals surface area contributed by atoms with Gasteiger partial charge >= 0.3 is 5.97 Å². The van der Waals surface area contributed by atoms with Gasteiger partial charge in [-0.2, -0.15) is 0 Å². The average molecular weight is 1240 g/mol. The highest BCUT2D eigenvalue weighted by Gasteiger charge is 2.46. The summed E-state index contributed by atoms with van der Waals surface area (Å²) in [6.45, 7) is 28.2. The number of aldehydes is 1. The van der Waals surface area contributed by atoms with E-state index in [4.69, 9.17) is 4.74 Å². The summed E-state index contributed by atoms with van der Waals surface area (Å²) in [5.41, 5.74) is 0. The van der Waals surface area contributed by atoms with E-state index in [1.54, 1.807) is 27.7 Å². The van der Waals surface area contributed by atoms with E-state index in [2.05, 4.69) is 21.3 Å². The van der Waals surface area contributed by atoms with E-state index >= 15 is 4.79 Å². The third-order valence-electron chi connectivity index (χ3n) is 15.8. The standard InChI is InChI=1S/C62H110N10O15/c1-32(2)26-42-57(81)69(20)45(29-35(7)8)53(77)63-40(16)62(86)87-52(38(13)14)61(85)70(21)46(30-36(9)10)55(79)65-43(27-33(3)4)58(82)71(22)49(37(11)12)60(84)72(23)50(51(76)39(15)24-25-73)56(80)66-48(41(17)74)59(83)67(18)31-47(75)68(19)44(28-34(5)6)54(78)64-42/h25,32-46,48-52,74,76H,24,26-31H2,1-23H3,(H,63,77)(H,64,78)(H,65,79)(H,66,80)/t39-,40-,41-,42-,43-,44+,45-,46-,48-,49-,50-,51-,52+/m1/s1. The Kier molecular flexibility index (Phi) is 32.3. The Morgan fingerprint density at radius 2 is 0.862 bits per heavy atom.